The molecule has 0 radical (unpaired) electrons. The van der Waals surface area contributed by atoms with Crippen molar-refractivity contribution < 1.29 is 13.6 Å². The molecule has 0 bridgehead atoms. The second-order valence-electron chi connectivity index (χ2n) is 4.27. The van der Waals surface area contributed by atoms with E-state index in [1.165, 1.54) is 6.07 Å². The van der Waals surface area contributed by atoms with Gasteiger partial charge in [0.05, 0.1) is 6.04 Å². The van der Waals surface area contributed by atoms with Gasteiger partial charge in [0.1, 0.15) is 0 Å². The molecule has 3 N–H and O–H groups in total. The summed E-state index contributed by atoms with van der Waals surface area (Å²) < 4.78 is 26.7. The van der Waals surface area contributed by atoms with Crippen molar-refractivity contribution in [2.24, 2.45) is 5.73 Å². The van der Waals surface area contributed by atoms with E-state index in [0.29, 0.717) is 24.9 Å². The van der Waals surface area contributed by atoms with Crippen molar-refractivity contribution in [3.8, 4) is 0 Å². The van der Waals surface area contributed by atoms with Gasteiger partial charge in [0, 0.05) is 12.5 Å². The van der Waals surface area contributed by atoms with Crippen LogP contribution in [0.5, 0.6) is 0 Å². The molecule has 1 heterocycles. The molecule has 1 fully saturated rings. The Bertz CT molecular complexity index is 437. The molecule has 0 spiro atoms. The lowest BCUT2D eigenvalue weighted by atomic mass is 9.93. The monoisotopic (exact) mass is 240 g/mol. The molecular weight excluding hydrogens is 226 g/mol. The number of nitrogens with one attached hydrogen (secondary N) is 1. The molecule has 0 aliphatic carbocycles. The molecular formula is C12H14F2N2O. The number of nitrogens with two attached hydrogens (primary N) is 1. The van der Waals surface area contributed by atoms with Crippen molar-refractivity contribution in [1.29, 1.82) is 0 Å². The second kappa shape index (κ2) is 4.79. The van der Waals surface area contributed by atoms with Crippen molar-refractivity contribution in [2.75, 3.05) is 6.54 Å². The van der Waals surface area contributed by atoms with Crippen molar-refractivity contribution >= 4 is 5.91 Å². The Hall–Kier alpha value is -1.49. The minimum atomic E-state index is -0.859. The summed E-state index contributed by atoms with van der Waals surface area (Å²) in [6.45, 7) is 0.299. The van der Waals surface area contributed by atoms with E-state index in [1.807, 2.05) is 0 Å². The third-order valence-corrected chi connectivity index (χ3v) is 3.11. The van der Waals surface area contributed by atoms with Gasteiger partial charge in [0.2, 0.25) is 5.91 Å². The van der Waals surface area contributed by atoms with Gasteiger partial charge in [-0.1, -0.05) is 12.1 Å². The summed E-state index contributed by atoms with van der Waals surface area (Å²) in [5, 5.41) is 2.64. The largest absolute Gasteiger partial charge is 0.354 e. The topological polar surface area (TPSA) is 55.1 Å². The highest BCUT2D eigenvalue weighted by Crippen LogP contribution is 2.26. The Morgan fingerprint density at radius 3 is 2.82 bits per heavy atom. The van der Waals surface area contributed by atoms with E-state index in [0.717, 1.165) is 6.07 Å². The van der Waals surface area contributed by atoms with Crippen molar-refractivity contribution in [3.63, 3.8) is 0 Å². The van der Waals surface area contributed by atoms with Crippen LogP contribution in [-0.4, -0.2) is 18.5 Å². The van der Waals surface area contributed by atoms with Gasteiger partial charge in [-0.2, -0.15) is 0 Å². The fraction of sp³-hybridized carbons (Fsp3) is 0.417. The molecule has 2 unspecified atom stereocenters. The highest BCUT2D eigenvalue weighted by molar-refractivity contribution is 5.81. The van der Waals surface area contributed by atoms with Crippen LogP contribution < -0.4 is 11.1 Å². The number of halogens is 2. The number of amides is 1. The zero-order valence-electron chi connectivity index (χ0n) is 9.25. The quantitative estimate of drug-likeness (QED) is 0.777. The third-order valence-electron chi connectivity index (χ3n) is 3.11. The number of hydrogen-bond acceptors (Lipinski definition) is 2. The molecule has 1 saturated heterocycles. The summed E-state index contributed by atoms with van der Waals surface area (Å²) in [5.74, 6) is -2.14. The van der Waals surface area contributed by atoms with Gasteiger partial charge in [0.25, 0.3) is 0 Å². The Labute approximate surface area is 98.0 Å². The lowest BCUT2D eigenvalue weighted by Crippen LogP contribution is -2.38. The molecule has 0 aromatic heterocycles. The van der Waals surface area contributed by atoms with Crippen LogP contribution in [0.15, 0.2) is 18.2 Å². The molecule has 17 heavy (non-hydrogen) atoms. The van der Waals surface area contributed by atoms with E-state index < -0.39 is 17.7 Å². The first kappa shape index (κ1) is 12.0. The van der Waals surface area contributed by atoms with E-state index in [2.05, 4.69) is 5.32 Å². The lowest BCUT2D eigenvalue weighted by Gasteiger charge is -2.15. The summed E-state index contributed by atoms with van der Waals surface area (Å²) >= 11 is 0. The average Bonchev–Trinajstić information content (AvgIpc) is 2.47. The standard InChI is InChI=1S/C12H14F2N2O/c13-9-3-1-2-8(11(9)14)7-4-5-10(15)12(17)16-6-7/h1-3,7,10H,4-6,15H2,(H,16,17). The van der Waals surface area contributed by atoms with E-state index in [-0.39, 0.29) is 11.8 Å². The minimum absolute atomic E-state index is 0.219. The molecule has 1 aromatic rings. The average molecular weight is 240 g/mol. The van der Waals surface area contributed by atoms with Gasteiger partial charge < -0.3 is 11.1 Å². The van der Waals surface area contributed by atoms with Gasteiger partial charge >= 0.3 is 0 Å². The SMILES string of the molecule is NC1CCC(c2cccc(F)c2F)CNC1=O. The van der Waals surface area contributed by atoms with Gasteiger partial charge in [-0.3, -0.25) is 4.79 Å². The van der Waals surface area contributed by atoms with Crippen LogP contribution in [0.4, 0.5) is 8.78 Å². The van der Waals surface area contributed by atoms with Crippen molar-refractivity contribution in [1.82, 2.24) is 5.32 Å². The number of hydrogen-bond donors (Lipinski definition) is 2. The van der Waals surface area contributed by atoms with Crippen LogP contribution in [0.2, 0.25) is 0 Å². The van der Waals surface area contributed by atoms with Gasteiger partial charge in [-0.15, -0.1) is 0 Å². The Morgan fingerprint density at radius 2 is 2.06 bits per heavy atom. The van der Waals surface area contributed by atoms with E-state index in [1.54, 1.807) is 6.07 Å². The van der Waals surface area contributed by atoms with E-state index in [4.69, 9.17) is 5.73 Å². The summed E-state index contributed by atoms with van der Waals surface area (Å²) in [4.78, 5) is 11.3. The Kier molecular flexibility index (Phi) is 3.38. The van der Waals surface area contributed by atoms with Crippen LogP contribution in [-0.2, 0) is 4.79 Å². The Morgan fingerprint density at radius 1 is 1.29 bits per heavy atom. The number of benzene rings is 1. The van der Waals surface area contributed by atoms with Gasteiger partial charge in [-0.25, -0.2) is 8.78 Å². The fourth-order valence-electron chi connectivity index (χ4n) is 2.07. The molecule has 1 aliphatic rings. The van der Waals surface area contributed by atoms with Crippen LogP contribution in [0, 0.1) is 11.6 Å². The zero-order chi connectivity index (χ0) is 12.4. The van der Waals surface area contributed by atoms with Gasteiger partial charge in [-0.05, 0) is 24.5 Å². The second-order valence-corrected chi connectivity index (χ2v) is 4.27. The predicted octanol–water partition coefficient (Wildman–Crippen LogP) is 1.29. The Balaban J connectivity index is 2.22. The van der Waals surface area contributed by atoms with Crippen LogP contribution in [0.1, 0.15) is 24.3 Å². The fourth-order valence-corrected chi connectivity index (χ4v) is 2.07. The highest BCUT2D eigenvalue weighted by Gasteiger charge is 2.25. The molecule has 5 heteroatoms. The first-order valence-electron chi connectivity index (χ1n) is 5.57. The number of rotatable bonds is 1. The van der Waals surface area contributed by atoms with E-state index >= 15 is 0 Å². The summed E-state index contributed by atoms with van der Waals surface area (Å²) in [6.07, 6.45) is 1.05. The molecule has 1 amide bonds. The molecule has 3 nitrogen and oxygen atoms in total. The molecule has 2 rings (SSSR count). The minimum Gasteiger partial charge on any atom is -0.354 e. The molecule has 0 saturated carbocycles. The zero-order valence-corrected chi connectivity index (χ0v) is 9.25. The van der Waals surface area contributed by atoms with Crippen LogP contribution >= 0.6 is 0 Å². The van der Waals surface area contributed by atoms with Crippen molar-refractivity contribution in [2.45, 2.75) is 24.8 Å². The smallest absolute Gasteiger partial charge is 0.236 e. The van der Waals surface area contributed by atoms with Crippen LogP contribution in [0.3, 0.4) is 0 Å². The molecule has 92 valence electrons. The summed E-state index contributed by atoms with van der Waals surface area (Å²) in [7, 11) is 0. The maximum Gasteiger partial charge on any atom is 0.236 e. The summed E-state index contributed by atoms with van der Waals surface area (Å²) in [6, 6.07) is 3.54. The maximum atomic E-state index is 13.6. The van der Waals surface area contributed by atoms with Crippen LogP contribution in [0.25, 0.3) is 0 Å². The molecule has 1 aromatic carbocycles. The lowest BCUT2D eigenvalue weighted by molar-refractivity contribution is -0.122. The molecule has 1 aliphatic heterocycles. The summed E-state index contributed by atoms with van der Waals surface area (Å²) in [5.41, 5.74) is 5.91. The number of carbonyl (C=O) groups excluding carboxylic acids is 1. The highest BCUT2D eigenvalue weighted by atomic mass is 19.2. The molecule has 2 atom stereocenters. The first-order valence-corrected chi connectivity index (χ1v) is 5.57. The third kappa shape index (κ3) is 2.44. The van der Waals surface area contributed by atoms with Gasteiger partial charge in [0.15, 0.2) is 11.6 Å². The van der Waals surface area contributed by atoms with E-state index in [9.17, 15) is 13.6 Å². The van der Waals surface area contributed by atoms with Crippen molar-refractivity contribution in [3.05, 3.63) is 35.4 Å². The first-order chi connectivity index (χ1) is 8.09. The number of carbonyl (C=O) groups is 1. The normalized spacial score (nSPS) is 25.2. The predicted molar refractivity (Wildman–Crippen MR) is 59.3 cm³/mol. The maximum absolute atomic E-state index is 13.6.